The third-order valence-electron chi connectivity index (χ3n) is 3.23. The van der Waals surface area contributed by atoms with Gasteiger partial charge in [0.15, 0.2) is 0 Å². The van der Waals surface area contributed by atoms with E-state index in [-0.39, 0.29) is 5.91 Å². The first-order valence-electron chi connectivity index (χ1n) is 7.29. The van der Waals surface area contributed by atoms with Crippen molar-refractivity contribution in [2.75, 3.05) is 5.32 Å². The van der Waals surface area contributed by atoms with Crippen molar-refractivity contribution in [2.24, 2.45) is 0 Å². The molecule has 2 aromatic heterocycles. The summed E-state index contributed by atoms with van der Waals surface area (Å²) in [7, 11) is 0. The SMILES string of the molecule is Cc1cc(CSc2ccccc2C(=O)Nc2cc(Cl)c(Cl)cn2)on1. The quantitative estimate of drug-likeness (QED) is 0.601. The van der Waals surface area contributed by atoms with Gasteiger partial charge in [-0.25, -0.2) is 4.98 Å². The van der Waals surface area contributed by atoms with Gasteiger partial charge in [-0.05, 0) is 19.1 Å². The van der Waals surface area contributed by atoms with E-state index < -0.39 is 0 Å². The first-order valence-corrected chi connectivity index (χ1v) is 9.03. The second kappa shape index (κ2) is 7.91. The van der Waals surface area contributed by atoms with Crippen molar-refractivity contribution in [1.82, 2.24) is 10.1 Å². The Bertz CT molecular complexity index is 914. The topological polar surface area (TPSA) is 68.0 Å². The molecule has 0 bridgehead atoms. The molecule has 0 atom stereocenters. The fourth-order valence-electron chi connectivity index (χ4n) is 2.08. The molecule has 1 amide bonds. The average Bonchev–Trinajstić information content (AvgIpc) is 3.02. The van der Waals surface area contributed by atoms with Crippen molar-refractivity contribution in [3.63, 3.8) is 0 Å². The van der Waals surface area contributed by atoms with E-state index in [0.717, 1.165) is 16.3 Å². The Kier molecular flexibility index (Phi) is 5.63. The fraction of sp³-hybridized carbons (Fsp3) is 0.118. The maximum absolute atomic E-state index is 12.6. The molecule has 0 fully saturated rings. The van der Waals surface area contributed by atoms with Crippen LogP contribution in [0.2, 0.25) is 10.0 Å². The molecule has 0 unspecified atom stereocenters. The molecule has 0 aliphatic carbocycles. The molecule has 5 nitrogen and oxygen atoms in total. The number of hydrogen-bond acceptors (Lipinski definition) is 5. The van der Waals surface area contributed by atoms with Crippen molar-refractivity contribution in [1.29, 1.82) is 0 Å². The summed E-state index contributed by atoms with van der Waals surface area (Å²) in [6.45, 7) is 1.86. The third-order valence-corrected chi connectivity index (χ3v) is 5.04. The molecular formula is C17H13Cl2N3O2S. The van der Waals surface area contributed by atoms with E-state index in [0.29, 0.717) is 27.2 Å². The number of nitrogens with zero attached hydrogens (tertiary/aromatic N) is 2. The summed E-state index contributed by atoms with van der Waals surface area (Å²) in [5, 5.41) is 7.25. The molecule has 8 heteroatoms. The molecule has 0 spiro atoms. The van der Waals surface area contributed by atoms with Crippen LogP contribution >= 0.6 is 35.0 Å². The number of pyridine rings is 1. The first-order chi connectivity index (χ1) is 12.0. The third kappa shape index (κ3) is 4.54. The molecule has 1 N–H and O–H groups in total. The maximum Gasteiger partial charge on any atom is 0.257 e. The minimum absolute atomic E-state index is 0.275. The van der Waals surface area contributed by atoms with Crippen molar-refractivity contribution >= 4 is 46.7 Å². The number of benzene rings is 1. The van der Waals surface area contributed by atoms with Crippen LogP contribution in [-0.2, 0) is 5.75 Å². The van der Waals surface area contributed by atoms with E-state index in [1.807, 2.05) is 25.1 Å². The Hall–Kier alpha value is -2.02. The number of nitrogens with one attached hydrogen (secondary N) is 1. The van der Waals surface area contributed by atoms with Crippen molar-refractivity contribution in [3.05, 3.63) is 69.7 Å². The van der Waals surface area contributed by atoms with Crippen molar-refractivity contribution in [3.8, 4) is 0 Å². The smallest absolute Gasteiger partial charge is 0.257 e. The number of aromatic nitrogens is 2. The highest BCUT2D eigenvalue weighted by molar-refractivity contribution is 7.98. The number of thioether (sulfide) groups is 1. The average molecular weight is 394 g/mol. The Balaban J connectivity index is 1.74. The Morgan fingerprint density at radius 2 is 2.04 bits per heavy atom. The molecule has 3 aromatic rings. The maximum atomic E-state index is 12.6. The van der Waals surface area contributed by atoms with Crippen LogP contribution in [0.25, 0.3) is 0 Å². The van der Waals surface area contributed by atoms with E-state index in [2.05, 4.69) is 15.5 Å². The predicted molar refractivity (Wildman–Crippen MR) is 99.5 cm³/mol. The van der Waals surface area contributed by atoms with Gasteiger partial charge in [0.05, 0.1) is 27.1 Å². The molecule has 0 saturated carbocycles. The van der Waals surface area contributed by atoms with E-state index in [1.54, 1.807) is 12.1 Å². The Morgan fingerprint density at radius 3 is 2.76 bits per heavy atom. The molecule has 0 aliphatic heterocycles. The van der Waals surface area contributed by atoms with Crippen molar-refractivity contribution in [2.45, 2.75) is 17.6 Å². The van der Waals surface area contributed by atoms with Crippen LogP contribution in [0, 0.1) is 6.92 Å². The zero-order valence-corrected chi connectivity index (χ0v) is 15.5. The monoisotopic (exact) mass is 393 g/mol. The largest absolute Gasteiger partial charge is 0.360 e. The summed E-state index contributed by atoms with van der Waals surface area (Å²) in [6, 6.07) is 10.7. The van der Waals surface area contributed by atoms with Crippen LogP contribution in [0.1, 0.15) is 21.8 Å². The zero-order valence-electron chi connectivity index (χ0n) is 13.1. The first kappa shape index (κ1) is 17.8. The summed E-state index contributed by atoms with van der Waals surface area (Å²) in [5.41, 5.74) is 1.36. The van der Waals surface area contributed by atoms with Crippen LogP contribution < -0.4 is 5.32 Å². The van der Waals surface area contributed by atoms with Gasteiger partial charge in [0.25, 0.3) is 5.91 Å². The lowest BCUT2D eigenvalue weighted by Crippen LogP contribution is -2.14. The summed E-state index contributed by atoms with van der Waals surface area (Å²) in [6.07, 6.45) is 1.40. The minimum Gasteiger partial charge on any atom is -0.360 e. The Morgan fingerprint density at radius 1 is 1.24 bits per heavy atom. The molecule has 128 valence electrons. The van der Waals surface area contributed by atoms with Crippen LogP contribution in [0.4, 0.5) is 5.82 Å². The van der Waals surface area contributed by atoms with Gasteiger partial charge < -0.3 is 9.84 Å². The number of halogens is 2. The fourth-order valence-corrected chi connectivity index (χ4v) is 3.26. The molecule has 3 rings (SSSR count). The van der Waals surface area contributed by atoms with Crippen LogP contribution in [0.15, 0.2) is 52.0 Å². The number of anilines is 1. The number of rotatable bonds is 5. The zero-order chi connectivity index (χ0) is 17.8. The molecule has 25 heavy (non-hydrogen) atoms. The highest BCUT2D eigenvalue weighted by Gasteiger charge is 2.14. The van der Waals surface area contributed by atoms with Gasteiger partial charge in [-0.3, -0.25) is 4.79 Å². The predicted octanol–water partition coefficient (Wildman–Crippen LogP) is 5.23. The van der Waals surface area contributed by atoms with Crippen LogP contribution in [0.3, 0.4) is 0 Å². The van der Waals surface area contributed by atoms with Crippen molar-refractivity contribution < 1.29 is 9.32 Å². The van der Waals surface area contributed by atoms with Gasteiger partial charge in [-0.2, -0.15) is 0 Å². The second-order valence-corrected chi connectivity index (χ2v) is 6.99. The van der Waals surface area contributed by atoms with Gasteiger partial charge in [0, 0.05) is 23.2 Å². The Labute approximate surface area is 158 Å². The normalized spacial score (nSPS) is 10.7. The molecule has 0 saturated heterocycles. The lowest BCUT2D eigenvalue weighted by molar-refractivity contribution is 0.102. The number of carbonyl (C=O) groups is 1. The van der Waals surface area contributed by atoms with Crippen LogP contribution in [0.5, 0.6) is 0 Å². The second-order valence-electron chi connectivity index (χ2n) is 5.16. The number of hydrogen-bond donors (Lipinski definition) is 1. The highest BCUT2D eigenvalue weighted by Crippen LogP contribution is 2.28. The van der Waals surface area contributed by atoms with Gasteiger partial charge in [-0.1, -0.05) is 40.5 Å². The molecular weight excluding hydrogens is 381 g/mol. The summed E-state index contributed by atoms with van der Waals surface area (Å²) in [4.78, 5) is 17.5. The number of carbonyl (C=O) groups excluding carboxylic acids is 1. The standard InChI is InChI=1S/C17H13Cl2N3O2S/c1-10-6-11(24-22-10)9-25-15-5-3-2-4-12(15)17(23)21-16-7-13(18)14(19)8-20-16/h2-8H,9H2,1H3,(H,20,21,23). The van der Waals surface area contributed by atoms with E-state index >= 15 is 0 Å². The number of amides is 1. The molecule has 1 aromatic carbocycles. The van der Waals surface area contributed by atoms with Gasteiger partial charge in [-0.15, -0.1) is 11.8 Å². The van der Waals surface area contributed by atoms with E-state index in [1.165, 1.54) is 24.0 Å². The van der Waals surface area contributed by atoms with E-state index in [4.69, 9.17) is 27.7 Å². The minimum atomic E-state index is -0.275. The summed E-state index contributed by atoms with van der Waals surface area (Å²) >= 11 is 13.3. The van der Waals surface area contributed by atoms with Gasteiger partial charge in [0.1, 0.15) is 11.6 Å². The molecule has 0 aliphatic rings. The highest BCUT2D eigenvalue weighted by atomic mass is 35.5. The molecule has 2 heterocycles. The summed E-state index contributed by atoms with van der Waals surface area (Å²) in [5.74, 6) is 1.40. The number of aryl methyl sites for hydroxylation is 1. The molecule has 0 radical (unpaired) electrons. The van der Waals surface area contributed by atoms with Crippen LogP contribution in [-0.4, -0.2) is 16.0 Å². The lowest BCUT2D eigenvalue weighted by atomic mass is 10.2. The lowest BCUT2D eigenvalue weighted by Gasteiger charge is -2.09. The van der Waals surface area contributed by atoms with Gasteiger partial charge >= 0.3 is 0 Å². The van der Waals surface area contributed by atoms with E-state index in [9.17, 15) is 4.79 Å². The summed E-state index contributed by atoms with van der Waals surface area (Å²) < 4.78 is 5.20. The van der Waals surface area contributed by atoms with Gasteiger partial charge in [0.2, 0.25) is 0 Å².